The van der Waals surface area contributed by atoms with Gasteiger partial charge in [-0.1, -0.05) is 98.2 Å². The molecule has 1 unspecified atom stereocenters. The van der Waals surface area contributed by atoms with Crippen molar-refractivity contribution in [3.8, 4) is 0 Å². The molecule has 0 spiro atoms. The van der Waals surface area contributed by atoms with Crippen LogP contribution in [-0.2, 0) is 9.47 Å². The van der Waals surface area contributed by atoms with Gasteiger partial charge in [0.1, 0.15) is 6.10 Å². The number of aliphatic hydroxyl groups is 1. The number of aliphatic hydroxyl groups excluding tert-OH is 1. The lowest BCUT2D eigenvalue weighted by atomic mass is 10.1. The highest BCUT2D eigenvalue weighted by Gasteiger charge is 2.04. The van der Waals surface area contributed by atoms with Gasteiger partial charge in [0, 0.05) is 13.7 Å². The quantitative estimate of drug-likeness (QED) is 0.292. The molecule has 0 fully saturated rings. The molecular formula is C25H36O3. The van der Waals surface area contributed by atoms with Gasteiger partial charge in [0.15, 0.2) is 0 Å². The van der Waals surface area contributed by atoms with Crippen molar-refractivity contribution in [2.75, 3.05) is 26.9 Å². The molecule has 0 saturated carbocycles. The van der Waals surface area contributed by atoms with Crippen molar-refractivity contribution >= 4 is 6.08 Å². The molecule has 1 aromatic rings. The number of hydrogen-bond acceptors (Lipinski definition) is 3. The molecule has 3 nitrogen and oxygen atoms in total. The van der Waals surface area contributed by atoms with Gasteiger partial charge in [-0.3, -0.25) is 0 Å². The highest BCUT2D eigenvalue weighted by Crippen LogP contribution is 2.06. The Morgan fingerprint density at radius 2 is 1.54 bits per heavy atom. The maximum Gasteiger partial charge on any atom is 0.103 e. The Morgan fingerprint density at radius 3 is 2.29 bits per heavy atom. The van der Waals surface area contributed by atoms with Gasteiger partial charge in [-0.25, -0.2) is 0 Å². The number of unbranched alkanes of at least 4 members (excludes halogenated alkanes) is 5. The van der Waals surface area contributed by atoms with Crippen LogP contribution in [0.4, 0.5) is 0 Å². The van der Waals surface area contributed by atoms with E-state index in [0.717, 1.165) is 19.4 Å². The number of rotatable bonds is 16. The van der Waals surface area contributed by atoms with Gasteiger partial charge in [0.05, 0.1) is 13.2 Å². The maximum absolute atomic E-state index is 8.97. The summed E-state index contributed by atoms with van der Waals surface area (Å²) in [6, 6.07) is 10.3. The summed E-state index contributed by atoms with van der Waals surface area (Å²) in [7, 11) is 1.59. The number of benzene rings is 1. The number of allylic oxidation sites excluding steroid dienone is 7. The van der Waals surface area contributed by atoms with Crippen LogP contribution < -0.4 is 0 Å². The average molecular weight is 385 g/mol. The molecule has 0 aliphatic rings. The Balaban J connectivity index is 1.92. The Labute approximate surface area is 171 Å². The maximum atomic E-state index is 8.97. The Bertz CT molecular complexity index is 569. The molecule has 1 aromatic carbocycles. The lowest BCUT2D eigenvalue weighted by molar-refractivity contribution is -0.0205. The predicted molar refractivity (Wildman–Crippen MR) is 119 cm³/mol. The van der Waals surface area contributed by atoms with Crippen LogP contribution in [-0.4, -0.2) is 38.1 Å². The monoisotopic (exact) mass is 384 g/mol. The molecule has 0 aliphatic heterocycles. The summed E-state index contributed by atoms with van der Waals surface area (Å²) in [6.07, 6.45) is 23.7. The first kappa shape index (κ1) is 24.1. The van der Waals surface area contributed by atoms with E-state index in [1.54, 1.807) is 7.11 Å². The molecule has 1 rings (SSSR count). The molecule has 0 bridgehead atoms. The van der Waals surface area contributed by atoms with E-state index >= 15 is 0 Å². The van der Waals surface area contributed by atoms with Gasteiger partial charge in [-0.05, 0) is 24.8 Å². The third-order valence-corrected chi connectivity index (χ3v) is 4.28. The lowest BCUT2D eigenvalue weighted by Gasteiger charge is -2.12. The fourth-order valence-electron chi connectivity index (χ4n) is 2.57. The molecule has 3 heteroatoms. The molecule has 0 aliphatic carbocycles. The zero-order valence-electron chi connectivity index (χ0n) is 17.2. The van der Waals surface area contributed by atoms with Crippen LogP contribution in [0.2, 0.25) is 0 Å². The van der Waals surface area contributed by atoms with Gasteiger partial charge in [0.2, 0.25) is 0 Å². The van der Waals surface area contributed by atoms with Crippen LogP contribution in [0.1, 0.15) is 44.1 Å². The summed E-state index contributed by atoms with van der Waals surface area (Å²) in [4.78, 5) is 0. The van der Waals surface area contributed by atoms with Crippen molar-refractivity contribution in [1.29, 1.82) is 0 Å². The van der Waals surface area contributed by atoms with E-state index in [1.165, 1.54) is 31.2 Å². The second-order valence-corrected chi connectivity index (χ2v) is 6.64. The van der Waals surface area contributed by atoms with Crippen LogP contribution in [0.5, 0.6) is 0 Å². The van der Waals surface area contributed by atoms with E-state index in [0.29, 0.717) is 6.61 Å². The molecule has 0 heterocycles. The highest BCUT2D eigenvalue weighted by molar-refractivity contribution is 5.50. The van der Waals surface area contributed by atoms with Crippen LogP contribution in [0.3, 0.4) is 0 Å². The summed E-state index contributed by atoms with van der Waals surface area (Å²) in [5.74, 6) is 0. The van der Waals surface area contributed by atoms with Crippen molar-refractivity contribution in [3.63, 3.8) is 0 Å². The summed E-state index contributed by atoms with van der Waals surface area (Å²) in [5, 5.41) is 8.97. The molecule has 1 N–H and O–H groups in total. The molecule has 154 valence electrons. The van der Waals surface area contributed by atoms with Crippen LogP contribution in [0, 0.1) is 0 Å². The van der Waals surface area contributed by atoms with Crippen molar-refractivity contribution in [2.45, 2.75) is 44.6 Å². The van der Waals surface area contributed by atoms with E-state index in [1.807, 2.05) is 30.4 Å². The molecule has 0 saturated heterocycles. The minimum atomic E-state index is -0.193. The van der Waals surface area contributed by atoms with Crippen molar-refractivity contribution in [3.05, 3.63) is 78.4 Å². The third-order valence-electron chi connectivity index (χ3n) is 4.28. The fourth-order valence-corrected chi connectivity index (χ4v) is 2.57. The largest absolute Gasteiger partial charge is 0.394 e. The van der Waals surface area contributed by atoms with Gasteiger partial charge in [-0.2, -0.15) is 0 Å². The molecule has 1 atom stereocenters. The van der Waals surface area contributed by atoms with Crippen molar-refractivity contribution in [2.24, 2.45) is 0 Å². The zero-order chi connectivity index (χ0) is 20.1. The van der Waals surface area contributed by atoms with E-state index in [-0.39, 0.29) is 12.7 Å². The highest BCUT2D eigenvalue weighted by atomic mass is 16.5. The summed E-state index contributed by atoms with van der Waals surface area (Å²) >= 11 is 0. The zero-order valence-corrected chi connectivity index (χ0v) is 17.2. The first-order chi connectivity index (χ1) is 13.9. The van der Waals surface area contributed by atoms with E-state index in [4.69, 9.17) is 14.6 Å². The Morgan fingerprint density at radius 1 is 0.857 bits per heavy atom. The van der Waals surface area contributed by atoms with Gasteiger partial charge in [-0.15, -0.1) is 0 Å². The van der Waals surface area contributed by atoms with Gasteiger partial charge >= 0.3 is 0 Å². The summed E-state index contributed by atoms with van der Waals surface area (Å²) in [5.41, 5.74) is 1.21. The van der Waals surface area contributed by atoms with E-state index in [9.17, 15) is 0 Å². The smallest absolute Gasteiger partial charge is 0.103 e. The standard InChI is InChI=1S/C25H36O3/c1-27-25(22-26)23-28-21-17-12-10-8-6-4-2-3-5-7-9-11-14-18-24-19-15-13-16-20-24/h2-3,5,7,9,11,13-16,18-20,25-26H,4,6,8,10,12,17,21-23H2,1H3/b3-2+,7-5+,11-9+,18-14+. The first-order valence-electron chi connectivity index (χ1n) is 10.3. The molecule has 0 aromatic heterocycles. The first-order valence-corrected chi connectivity index (χ1v) is 10.3. The predicted octanol–water partition coefficient (Wildman–Crippen LogP) is 5.73. The minimum Gasteiger partial charge on any atom is -0.394 e. The number of ether oxygens (including phenoxy) is 2. The number of methoxy groups -OCH3 is 1. The minimum absolute atomic E-state index is 0.0147. The Hall–Kier alpha value is -1.94. The SMILES string of the molecule is COC(CO)COCCCCCCC/C=C/C=C/C=C/C=C/c1ccccc1. The normalized spacial score (nSPS) is 13.5. The molecular weight excluding hydrogens is 348 g/mol. The van der Waals surface area contributed by atoms with Crippen LogP contribution in [0.15, 0.2) is 72.9 Å². The second-order valence-electron chi connectivity index (χ2n) is 6.64. The number of hydrogen-bond donors (Lipinski definition) is 1. The average Bonchev–Trinajstić information content (AvgIpc) is 2.74. The van der Waals surface area contributed by atoms with E-state index < -0.39 is 0 Å². The molecule has 0 amide bonds. The van der Waals surface area contributed by atoms with Crippen LogP contribution >= 0.6 is 0 Å². The molecule has 0 radical (unpaired) electrons. The lowest BCUT2D eigenvalue weighted by Crippen LogP contribution is -2.22. The molecule has 28 heavy (non-hydrogen) atoms. The topological polar surface area (TPSA) is 38.7 Å². The van der Waals surface area contributed by atoms with Crippen molar-refractivity contribution < 1.29 is 14.6 Å². The summed E-state index contributed by atoms with van der Waals surface area (Å²) < 4.78 is 10.5. The second kappa shape index (κ2) is 18.4. The third kappa shape index (κ3) is 14.2. The fraction of sp³-hybridized carbons (Fsp3) is 0.440. The van der Waals surface area contributed by atoms with E-state index in [2.05, 4.69) is 48.6 Å². The summed E-state index contributed by atoms with van der Waals surface area (Å²) in [6.45, 7) is 1.24. The van der Waals surface area contributed by atoms with Crippen molar-refractivity contribution in [1.82, 2.24) is 0 Å². The van der Waals surface area contributed by atoms with Crippen LogP contribution in [0.25, 0.3) is 6.08 Å². The van der Waals surface area contributed by atoms with Gasteiger partial charge in [0.25, 0.3) is 0 Å². The Kier molecular flexibility index (Phi) is 15.9. The van der Waals surface area contributed by atoms with Gasteiger partial charge < -0.3 is 14.6 Å².